The van der Waals surface area contributed by atoms with Gasteiger partial charge in [0.05, 0.1) is 5.69 Å². The van der Waals surface area contributed by atoms with Crippen molar-refractivity contribution < 1.29 is 26.4 Å². The number of carbonyl (C=O) groups is 1. The van der Waals surface area contributed by atoms with Gasteiger partial charge < -0.3 is 16.0 Å². The molecule has 0 bridgehead atoms. The van der Waals surface area contributed by atoms with E-state index in [0.717, 1.165) is 12.1 Å². The maximum atomic E-state index is 12.5. The number of carbonyl (C=O) groups excluding carboxylic acids is 1. The van der Waals surface area contributed by atoms with Gasteiger partial charge in [0.25, 0.3) is 5.91 Å². The van der Waals surface area contributed by atoms with E-state index in [0.29, 0.717) is 11.3 Å². The van der Waals surface area contributed by atoms with E-state index >= 15 is 0 Å². The summed E-state index contributed by atoms with van der Waals surface area (Å²) in [5.74, 6) is -0.849. The lowest BCUT2D eigenvalue weighted by Crippen LogP contribution is -2.29. The molecule has 0 fully saturated rings. The molecule has 0 spiro atoms. The van der Waals surface area contributed by atoms with E-state index in [1.807, 2.05) is 0 Å². The SMILES string of the molecule is NC(=O)c1c(Nc2cc[nH]c(=O)c2)n[nH]c1-c1ccc(NS(=O)(=O)C(F)(F)F)cc1. The Labute approximate surface area is 166 Å². The summed E-state index contributed by atoms with van der Waals surface area (Å²) >= 11 is 0. The van der Waals surface area contributed by atoms with Crippen molar-refractivity contribution in [3.63, 3.8) is 0 Å². The second-order valence-electron chi connectivity index (χ2n) is 5.88. The number of sulfonamides is 1. The number of primary amides is 1. The van der Waals surface area contributed by atoms with Crippen molar-refractivity contribution in [3.05, 3.63) is 58.5 Å². The van der Waals surface area contributed by atoms with E-state index in [2.05, 4.69) is 20.5 Å². The molecule has 0 atom stereocenters. The molecular weight excluding hydrogens is 429 g/mol. The minimum atomic E-state index is -5.57. The number of hydrogen-bond acceptors (Lipinski definition) is 6. The highest BCUT2D eigenvalue weighted by Gasteiger charge is 2.46. The standard InChI is InChI=1S/C16H13F3N6O4S/c17-16(18,19)30(28,29)25-9-3-1-8(2-4-9)13-12(14(20)27)15(24-23-13)22-10-5-6-21-11(26)7-10/h1-7,25H,(H2,20,27)(H3,21,22,23,24,26). The van der Waals surface area contributed by atoms with Crippen molar-refractivity contribution in [2.24, 2.45) is 5.73 Å². The topological polar surface area (TPSA) is 163 Å². The number of anilines is 3. The number of aromatic amines is 2. The highest BCUT2D eigenvalue weighted by Crippen LogP contribution is 2.30. The predicted molar refractivity (Wildman–Crippen MR) is 101 cm³/mol. The number of H-pyrrole nitrogens is 2. The van der Waals surface area contributed by atoms with Crippen LogP contribution in [-0.4, -0.2) is 35.0 Å². The molecule has 0 aliphatic rings. The number of hydrogen-bond donors (Lipinski definition) is 5. The molecule has 1 amide bonds. The second-order valence-corrected chi connectivity index (χ2v) is 7.56. The number of rotatable bonds is 6. The second kappa shape index (κ2) is 7.55. The number of benzene rings is 1. The predicted octanol–water partition coefficient (Wildman–Crippen LogP) is 1.87. The molecule has 2 aromatic heterocycles. The maximum absolute atomic E-state index is 12.5. The first kappa shape index (κ1) is 20.9. The zero-order valence-electron chi connectivity index (χ0n) is 14.7. The molecule has 14 heteroatoms. The molecule has 0 unspecified atom stereocenters. The van der Waals surface area contributed by atoms with Crippen LogP contribution < -0.4 is 21.3 Å². The lowest BCUT2D eigenvalue weighted by molar-refractivity contribution is -0.0429. The normalized spacial score (nSPS) is 11.8. The molecule has 3 aromatic rings. The zero-order chi connectivity index (χ0) is 22.1. The summed E-state index contributed by atoms with van der Waals surface area (Å²) in [6.45, 7) is 0. The van der Waals surface area contributed by atoms with Crippen molar-refractivity contribution in [2.45, 2.75) is 5.51 Å². The fraction of sp³-hybridized carbons (Fsp3) is 0.0625. The van der Waals surface area contributed by atoms with Crippen LogP contribution in [0.5, 0.6) is 0 Å². The van der Waals surface area contributed by atoms with Crippen LogP contribution in [0.1, 0.15) is 10.4 Å². The fourth-order valence-electron chi connectivity index (χ4n) is 2.46. The van der Waals surface area contributed by atoms with Crippen LogP contribution in [-0.2, 0) is 10.0 Å². The average Bonchev–Trinajstić information content (AvgIpc) is 3.05. The third kappa shape index (κ3) is 4.27. The van der Waals surface area contributed by atoms with Gasteiger partial charge in [-0.15, -0.1) is 0 Å². The Balaban J connectivity index is 1.92. The summed E-state index contributed by atoms with van der Waals surface area (Å²) < 4.78 is 61.2. The summed E-state index contributed by atoms with van der Waals surface area (Å²) in [5, 5.41) is 9.29. The lowest BCUT2D eigenvalue weighted by Gasteiger charge is -2.11. The third-order valence-corrected chi connectivity index (χ3v) is 4.89. The van der Waals surface area contributed by atoms with Gasteiger partial charge in [0.1, 0.15) is 5.56 Å². The van der Waals surface area contributed by atoms with E-state index < -0.39 is 27.0 Å². The highest BCUT2D eigenvalue weighted by atomic mass is 32.2. The Morgan fingerprint density at radius 3 is 2.33 bits per heavy atom. The smallest absolute Gasteiger partial charge is 0.365 e. The van der Waals surface area contributed by atoms with Gasteiger partial charge in [-0.3, -0.25) is 19.4 Å². The molecule has 0 aliphatic carbocycles. The maximum Gasteiger partial charge on any atom is 0.516 e. The number of halogens is 3. The number of pyridine rings is 1. The molecule has 1 aromatic carbocycles. The van der Waals surface area contributed by atoms with Crippen LogP contribution in [0.4, 0.5) is 30.4 Å². The fourth-order valence-corrected chi connectivity index (χ4v) is 3.02. The van der Waals surface area contributed by atoms with Crippen molar-refractivity contribution in [1.29, 1.82) is 0 Å². The largest absolute Gasteiger partial charge is 0.516 e. The molecule has 0 saturated heterocycles. The first-order valence-corrected chi connectivity index (χ1v) is 9.50. The number of nitrogens with one attached hydrogen (secondary N) is 4. The van der Waals surface area contributed by atoms with Gasteiger partial charge in [-0.1, -0.05) is 12.1 Å². The van der Waals surface area contributed by atoms with Crippen LogP contribution in [0.3, 0.4) is 0 Å². The quantitative estimate of drug-likeness (QED) is 0.391. The molecule has 30 heavy (non-hydrogen) atoms. The van der Waals surface area contributed by atoms with Gasteiger partial charge in [0, 0.05) is 29.2 Å². The molecule has 158 valence electrons. The van der Waals surface area contributed by atoms with Crippen LogP contribution in [0.25, 0.3) is 11.3 Å². The Morgan fingerprint density at radius 2 is 1.77 bits per heavy atom. The summed E-state index contributed by atoms with van der Waals surface area (Å²) in [6, 6.07) is 7.43. The molecule has 3 rings (SSSR count). The Kier molecular flexibility index (Phi) is 5.26. The van der Waals surface area contributed by atoms with Gasteiger partial charge in [-0.25, -0.2) is 0 Å². The minimum absolute atomic E-state index is 0.0185. The van der Waals surface area contributed by atoms with Crippen LogP contribution in [0.2, 0.25) is 0 Å². The summed E-state index contributed by atoms with van der Waals surface area (Å²) in [4.78, 5) is 25.7. The van der Waals surface area contributed by atoms with Gasteiger partial charge >= 0.3 is 15.5 Å². The van der Waals surface area contributed by atoms with Crippen LogP contribution in [0.15, 0.2) is 47.4 Å². The lowest BCUT2D eigenvalue weighted by atomic mass is 10.1. The van der Waals surface area contributed by atoms with E-state index in [4.69, 9.17) is 5.73 Å². The molecule has 10 nitrogen and oxygen atoms in total. The number of alkyl halides is 3. The molecule has 6 N–H and O–H groups in total. The van der Waals surface area contributed by atoms with Gasteiger partial charge in [0.15, 0.2) is 5.82 Å². The first-order valence-electron chi connectivity index (χ1n) is 8.01. The van der Waals surface area contributed by atoms with E-state index in [9.17, 15) is 31.2 Å². The molecular formula is C16H13F3N6O4S. The van der Waals surface area contributed by atoms with E-state index in [-0.39, 0.29) is 22.8 Å². The number of nitrogens with zero attached hydrogens (tertiary/aromatic N) is 1. The summed E-state index contributed by atoms with van der Waals surface area (Å²) in [5.41, 5.74) is -0.0815. The first-order chi connectivity index (χ1) is 14.0. The molecule has 0 saturated carbocycles. The molecule has 0 radical (unpaired) electrons. The number of nitrogens with two attached hydrogens (primary N) is 1. The average molecular weight is 442 g/mol. The van der Waals surface area contributed by atoms with Crippen molar-refractivity contribution in [1.82, 2.24) is 15.2 Å². The summed E-state index contributed by atoms with van der Waals surface area (Å²) in [7, 11) is -5.57. The Hall–Kier alpha value is -3.81. The monoisotopic (exact) mass is 442 g/mol. The Morgan fingerprint density at radius 1 is 1.10 bits per heavy atom. The van der Waals surface area contributed by atoms with Crippen LogP contribution >= 0.6 is 0 Å². The number of aromatic nitrogens is 3. The summed E-state index contributed by atoms with van der Waals surface area (Å²) in [6.07, 6.45) is 1.38. The van der Waals surface area contributed by atoms with Gasteiger partial charge in [-0.05, 0) is 18.2 Å². The third-order valence-electron chi connectivity index (χ3n) is 3.78. The van der Waals surface area contributed by atoms with Crippen molar-refractivity contribution in [2.75, 3.05) is 10.0 Å². The molecule has 0 aliphatic heterocycles. The van der Waals surface area contributed by atoms with E-state index in [1.54, 1.807) is 0 Å². The van der Waals surface area contributed by atoms with E-state index in [1.165, 1.54) is 35.2 Å². The molecule has 2 heterocycles. The van der Waals surface area contributed by atoms with Gasteiger partial charge in [0.2, 0.25) is 5.56 Å². The van der Waals surface area contributed by atoms with Crippen molar-refractivity contribution in [3.8, 4) is 11.3 Å². The van der Waals surface area contributed by atoms with Crippen molar-refractivity contribution >= 4 is 33.1 Å². The number of amides is 1. The Bertz CT molecular complexity index is 1250. The van der Waals surface area contributed by atoms with Crippen LogP contribution in [0, 0.1) is 0 Å². The minimum Gasteiger partial charge on any atom is -0.365 e. The zero-order valence-corrected chi connectivity index (χ0v) is 15.6. The highest BCUT2D eigenvalue weighted by molar-refractivity contribution is 7.93. The van der Waals surface area contributed by atoms with Gasteiger partial charge in [-0.2, -0.15) is 26.7 Å².